The van der Waals surface area contributed by atoms with Crippen LogP contribution in [0.5, 0.6) is 0 Å². The Kier molecular flexibility index (Phi) is 6.82. The highest BCUT2D eigenvalue weighted by molar-refractivity contribution is 6.60. The fourth-order valence-electron chi connectivity index (χ4n) is 2.19. The number of hydrogen-bond acceptors (Lipinski definition) is 5. The summed E-state index contributed by atoms with van der Waals surface area (Å²) in [6, 6.07) is 13.2. The monoisotopic (exact) mass is 389 g/mol. The van der Waals surface area contributed by atoms with Gasteiger partial charge in [-0.1, -0.05) is 42.5 Å². The molecule has 1 amide bonds. The number of anilines is 1. The zero-order chi connectivity index (χ0) is 20.9. The molecular formula is C20H25BFNO5. The minimum Gasteiger partial charge on any atom is -0.444 e. The molecule has 28 heavy (non-hydrogen) atoms. The third-order valence-corrected chi connectivity index (χ3v) is 4.62. The summed E-state index contributed by atoms with van der Waals surface area (Å²) >= 11 is 0. The van der Waals surface area contributed by atoms with Crippen LogP contribution in [0.2, 0.25) is 0 Å². The Bertz CT molecular complexity index is 808. The number of benzene rings is 2. The Morgan fingerprint density at radius 3 is 2.36 bits per heavy atom. The molecule has 0 saturated heterocycles. The molecule has 8 heteroatoms. The molecule has 2 rings (SSSR count). The summed E-state index contributed by atoms with van der Waals surface area (Å²) in [4.78, 5) is 12.0. The van der Waals surface area contributed by atoms with Crippen LogP contribution >= 0.6 is 0 Å². The average molecular weight is 389 g/mol. The van der Waals surface area contributed by atoms with E-state index in [-0.39, 0.29) is 17.8 Å². The SMILES string of the molecule is CC(C)(O)C(C)(C)OB(O)c1cccc(NC(=O)OCc2ccccc2)c1F. The number of amides is 1. The molecule has 0 aliphatic rings. The van der Waals surface area contributed by atoms with E-state index in [1.54, 1.807) is 26.0 Å². The second-order valence-corrected chi connectivity index (χ2v) is 7.44. The summed E-state index contributed by atoms with van der Waals surface area (Å²) in [7, 11) is -1.64. The molecule has 0 aromatic heterocycles. The van der Waals surface area contributed by atoms with Crippen molar-refractivity contribution in [1.29, 1.82) is 0 Å². The van der Waals surface area contributed by atoms with Gasteiger partial charge in [-0.05, 0) is 39.3 Å². The quantitative estimate of drug-likeness (QED) is 0.634. The molecule has 2 aromatic rings. The minimum absolute atomic E-state index is 0.0412. The molecule has 0 radical (unpaired) electrons. The van der Waals surface area contributed by atoms with Crippen molar-refractivity contribution in [1.82, 2.24) is 0 Å². The van der Waals surface area contributed by atoms with E-state index in [0.29, 0.717) is 0 Å². The number of carbonyl (C=O) groups is 1. The van der Waals surface area contributed by atoms with Crippen molar-refractivity contribution in [3.63, 3.8) is 0 Å². The van der Waals surface area contributed by atoms with Gasteiger partial charge >= 0.3 is 13.2 Å². The maximum Gasteiger partial charge on any atom is 0.494 e. The van der Waals surface area contributed by atoms with Crippen molar-refractivity contribution >= 4 is 24.4 Å². The molecule has 150 valence electrons. The lowest BCUT2D eigenvalue weighted by Gasteiger charge is -2.38. The van der Waals surface area contributed by atoms with Crippen LogP contribution in [-0.2, 0) is 16.0 Å². The molecule has 0 atom stereocenters. The highest BCUT2D eigenvalue weighted by atomic mass is 19.1. The summed E-state index contributed by atoms with van der Waals surface area (Å²) in [5.74, 6) is -0.849. The van der Waals surface area contributed by atoms with Crippen LogP contribution in [0, 0.1) is 5.82 Å². The third-order valence-electron chi connectivity index (χ3n) is 4.62. The molecule has 0 saturated carbocycles. The van der Waals surface area contributed by atoms with Crippen LogP contribution < -0.4 is 10.8 Å². The first-order valence-corrected chi connectivity index (χ1v) is 8.85. The van der Waals surface area contributed by atoms with Crippen LogP contribution in [0.15, 0.2) is 48.5 Å². The van der Waals surface area contributed by atoms with Gasteiger partial charge in [-0.25, -0.2) is 9.18 Å². The average Bonchev–Trinajstić information content (AvgIpc) is 2.61. The fraction of sp³-hybridized carbons (Fsp3) is 0.350. The van der Waals surface area contributed by atoms with E-state index in [1.165, 1.54) is 32.0 Å². The fourth-order valence-corrected chi connectivity index (χ4v) is 2.19. The second-order valence-electron chi connectivity index (χ2n) is 7.44. The van der Waals surface area contributed by atoms with Gasteiger partial charge in [0.2, 0.25) is 0 Å². The van der Waals surface area contributed by atoms with Crippen LogP contribution in [0.1, 0.15) is 33.3 Å². The van der Waals surface area contributed by atoms with Gasteiger partial charge in [-0.3, -0.25) is 5.32 Å². The van der Waals surface area contributed by atoms with E-state index in [4.69, 9.17) is 9.39 Å². The topological polar surface area (TPSA) is 88.0 Å². The lowest BCUT2D eigenvalue weighted by atomic mass is 9.76. The van der Waals surface area contributed by atoms with Gasteiger partial charge < -0.3 is 19.5 Å². The van der Waals surface area contributed by atoms with Gasteiger partial charge in [-0.15, -0.1) is 0 Å². The Labute approximate surface area is 164 Å². The summed E-state index contributed by atoms with van der Waals surface area (Å²) < 4.78 is 25.3. The van der Waals surface area contributed by atoms with E-state index in [2.05, 4.69) is 5.32 Å². The highest BCUT2D eigenvalue weighted by Gasteiger charge is 2.40. The van der Waals surface area contributed by atoms with Crippen molar-refractivity contribution in [2.24, 2.45) is 0 Å². The second kappa shape index (κ2) is 8.73. The van der Waals surface area contributed by atoms with Crippen LogP contribution in [-0.4, -0.2) is 34.5 Å². The zero-order valence-electron chi connectivity index (χ0n) is 16.4. The molecule has 3 N–H and O–H groups in total. The number of halogens is 1. The van der Waals surface area contributed by atoms with Crippen LogP contribution in [0.4, 0.5) is 14.9 Å². The van der Waals surface area contributed by atoms with Crippen LogP contribution in [0.3, 0.4) is 0 Å². The Balaban J connectivity index is 2.06. The first kappa shape index (κ1) is 21.9. The summed E-state index contributed by atoms with van der Waals surface area (Å²) in [5.41, 5.74) is -1.96. The van der Waals surface area contributed by atoms with Crippen molar-refractivity contribution < 1.29 is 28.7 Å². The Morgan fingerprint density at radius 2 is 1.75 bits per heavy atom. The normalized spacial score (nSPS) is 11.8. The lowest BCUT2D eigenvalue weighted by molar-refractivity contribution is -0.0983. The van der Waals surface area contributed by atoms with E-state index >= 15 is 0 Å². The molecule has 0 heterocycles. The van der Waals surface area contributed by atoms with Gasteiger partial charge in [-0.2, -0.15) is 0 Å². The third kappa shape index (κ3) is 5.54. The van der Waals surface area contributed by atoms with Crippen molar-refractivity contribution in [2.75, 3.05) is 5.32 Å². The number of rotatable bonds is 7. The molecule has 6 nitrogen and oxygen atoms in total. The summed E-state index contributed by atoms with van der Waals surface area (Å²) in [6.45, 7) is 6.25. The first-order chi connectivity index (χ1) is 13.0. The van der Waals surface area contributed by atoms with Gasteiger partial charge in [0.1, 0.15) is 12.4 Å². The highest BCUT2D eigenvalue weighted by Crippen LogP contribution is 2.25. The maximum absolute atomic E-state index is 14.7. The number of carbonyl (C=O) groups excluding carboxylic acids is 1. The molecule has 2 aromatic carbocycles. The van der Waals surface area contributed by atoms with Crippen LogP contribution in [0.25, 0.3) is 0 Å². The smallest absolute Gasteiger partial charge is 0.444 e. The summed E-state index contributed by atoms with van der Waals surface area (Å²) in [5, 5.41) is 22.7. The molecule has 0 aliphatic heterocycles. The van der Waals surface area contributed by atoms with Gasteiger partial charge in [0.15, 0.2) is 0 Å². The zero-order valence-corrected chi connectivity index (χ0v) is 16.4. The molecule has 0 bridgehead atoms. The Morgan fingerprint density at radius 1 is 1.11 bits per heavy atom. The van der Waals surface area contributed by atoms with Gasteiger partial charge in [0.25, 0.3) is 0 Å². The molecular weight excluding hydrogens is 364 g/mol. The minimum atomic E-state index is -1.64. The number of aliphatic hydroxyl groups is 1. The number of ether oxygens (including phenoxy) is 1. The first-order valence-electron chi connectivity index (χ1n) is 8.85. The van der Waals surface area contributed by atoms with Crippen molar-refractivity contribution in [3.05, 3.63) is 59.9 Å². The molecule has 0 fully saturated rings. The van der Waals surface area contributed by atoms with E-state index in [0.717, 1.165) is 5.56 Å². The van der Waals surface area contributed by atoms with E-state index in [1.807, 2.05) is 18.2 Å². The number of nitrogens with one attached hydrogen (secondary N) is 1. The largest absolute Gasteiger partial charge is 0.494 e. The van der Waals surface area contributed by atoms with Crippen molar-refractivity contribution in [3.8, 4) is 0 Å². The maximum atomic E-state index is 14.7. The molecule has 0 unspecified atom stereocenters. The van der Waals surface area contributed by atoms with Crippen molar-refractivity contribution in [2.45, 2.75) is 45.5 Å². The van der Waals surface area contributed by atoms with E-state index in [9.17, 15) is 19.3 Å². The molecule has 0 aliphatic carbocycles. The summed E-state index contributed by atoms with van der Waals surface area (Å²) in [6.07, 6.45) is -0.827. The lowest BCUT2D eigenvalue weighted by Crippen LogP contribution is -2.53. The Hall–Kier alpha value is -2.42. The standard InChI is InChI=1S/C20H25BFNO5/c1-19(2,25)20(3,4)28-21(26)15-11-8-12-16(17(15)22)23-18(24)27-13-14-9-6-5-7-10-14/h5-12,25-26H,13H2,1-4H3,(H,23,24). The molecule has 0 spiro atoms. The predicted molar refractivity (Wildman–Crippen MR) is 106 cm³/mol. The predicted octanol–water partition coefficient (Wildman–Crippen LogP) is 2.83. The van der Waals surface area contributed by atoms with Gasteiger partial charge in [0.05, 0.1) is 16.9 Å². The number of hydrogen-bond donors (Lipinski definition) is 3. The van der Waals surface area contributed by atoms with Gasteiger partial charge in [0, 0.05) is 5.46 Å². The van der Waals surface area contributed by atoms with E-state index < -0.39 is 30.2 Å².